The van der Waals surface area contributed by atoms with E-state index in [1.807, 2.05) is 4.90 Å². The van der Waals surface area contributed by atoms with Gasteiger partial charge in [-0.3, -0.25) is 4.98 Å². The van der Waals surface area contributed by atoms with Crippen LogP contribution in [0.2, 0.25) is 0 Å². The minimum atomic E-state index is -4.52. The van der Waals surface area contributed by atoms with Crippen molar-refractivity contribution in [3.63, 3.8) is 0 Å². The normalized spacial score (nSPS) is 19.7. The third kappa shape index (κ3) is 7.30. The Kier molecular flexibility index (Phi) is 8.95. The van der Waals surface area contributed by atoms with E-state index in [1.54, 1.807) is 6.07 Å². The number of nitrogens with zero attached hydrogens (tertiary/aromatic N) is 6. The number of pyridine rings is 2. The highest BCUT2D eigenvalue weighted by Crippen LogP contribution is 2.34. The van der Waals surface area contributed by atoms with E-state index in [0.29, 0.717) is 73.0 Å². The van der Waals surface area contributed by atoms with E-state index >= 15 is 0 Å². The summed E-state index contributed by atoms with van der Waals surface area (Å²) in [6.07, 6.45) is -1.51. The predicted octanol–water partition coefficient (Wildman–Crippen LogP) is 4.54. The molecule has 0 atom stereocenters. The van der Waals surface area contributed by atoms with Crippen LogP contribution in [-0.2, 0) is 20.9 Å². The van der Waals surface area contributed by atoms with Crippen LogP contribution in [0.4, 0.5) is 29.7 Å². The number of amides is 1. The molecule has 0 aromatic carbocycles. The molecule has 3 aromatic heterocycles. The molecule has 244 valence electrons. The molecule has 4 heterocycles. The molecule has 0 radical (unpaired) electrons. The number of hydrogen-bond acceptors (Lipinski definition) is 11. The summed E-state index contributed by atoms with van der Waals surface area (Å²) >= 11 is 0. The number of morpholine rings is 1. The van der Waals surface area contributed by atoms with E-state index in [9.17, 15) is 31.5 Å². The molecule has 13 nitrogen and oxygen atoms in total. The number of halogens is 3. The molecule has 0 bridgehead atoms. The first-order chi connectivity index (χ1) is 21.1. The molecule has 1 saturated heterocycles. The average Bonchev–Trinajstić information content (AvgIpc) is 2.97. The quantitative estimate of drug-likeness (QED) is 0.367. The largest absolute Gasteiger partial charge is 0.474 e. The Bertz CT molecular complexity index is 1640. The number of hydrogen-bond donors (Lipinski definition) is 2. The van der Waals surface area contributed by atoms with E-state index in [2.05, 4.69) is 20.3 Å². The van der Waals surface area contributed by atoms with E-state index in [4.69, 9.17) is 14.5 Å². The molecule has 17 heteroatoms. The molecule has 3 aromatic rings. The molecule has 0 unspecified atom stereocenters. The Morgan fingerprint density at radius 3 is 2.27 bits per heavy atom. The zero-order valence-electron chi connectivity index (χ0n) is 24.9. The van der Waals surface area contributed by atoms with Crippen molar-refractivity contribution >= 4 is 38.8 Å². The predicted molar refractivity (Wildman–Crippen MR) is 157 cm³/mol. The van der Waals surface area contributed by atoms with Crippen molar-refractivity contribution in [2.75, 3.05) is 36.5 Å². The summed E-state index contributed by atoms with van der Waals surface area (Å²) in [6.45, 7) is 6.64. The Morgan fingerprint density at radius 1 is 1.04 bits per heavy atom. The van der Waals surface area contributed by atoms with Crippen LogP contribution in [0.25, 0.3) is 10.9 Å². The molecule has 1 saturated carbocycles. The van der Waals surface area contributed by atoms with Gasteiger partial charge in [0.05, 0.1) is 35.2 Å². The van der Waals surface area contributed by atoms with Gasteiger partial charge in [0.1, 0.15) is 16.8 Å². The fourth-order valence-electron chi connectivity index (χ4n) is 5.32. The minimum Gasteiger partial charge on any atom is -0.474 e. The second kappa shape index (κ2) is 12.4. The first-order valence-corrected chi connectivity index (χ1v) is 15.8. The van der Waals surface area contributed by atoms with Crippen LogP contribution in [0, 0.1) is 0 Å². The van der Waals surface area contributed by atoms with Crippen molar-refractivity contribution in [2.24, 2.45) is 0 Å². The number of sulfonamides is 1. The van der Waals surface area contributed by atoms with Crippen molar-refractivity contribution in [1.29, 1.82) is 0 Å². The van der Waals surface area contributed by atoms with Gasteiger partial charge < -0.3 is 24.8 Å². The number of ether oxygens (including phenoxy) is 2. The van der Waals surface area contributed by atoms with Gasteiger partial charge in [0.2, 0.25) is 11.8 Å². The number of anilines is 2. The van der Waals surface area contributed by atoms with Gasteiger partial charge in [-0.2, -0.15) is 22.5 Å². The summed E-state index contributed by atoms with van der Waals surface area (Å²) in [6, 6.07) is 2.97. The van der Waals surface area contributed by atoms with Gasteiger partial charge in [0.15, 0.2) is 0 Å². The topological polar surface area (TPSA) is 160 Å². The zero-order chi connectivity index (χ0) is 32.6. The number of fused-ring (bicyclic) bond motifs is 1. The lowest BCUT2D eigenvalue weighted by molar-refractivity contribution is -0.138. The summed E-state index contributed by atoms with van der Waals surface area (Å²) in [7, 11) is -4.50. The number of rotatable bonds is 7. The van der Waals surface area contributed by atoms with Crippen LogP contribution >= 0.6 is 0 Å². The van der Waals surface area contributed by atoms with E-state index in [0.717, 1.165) is 18.6 Å². The van der Waals surface area contributed by atoms with Crippen molar-refractivity contribution in [3.05, 3.63) is 36.3 Å². The van der Waals surface area contributed by atoms with Crippen molar-refractivity contribution in [2.45, 2.75) is 75.2 Å². The van der Waals surface area contributed by atoms with Crippen LogP contribution in [0.1, 0.15) is 52.0 Å². The van der Waals surface area contributed by atoms with Crippen LogP contribution < -0.4 is 15.0 Å². The lowest BCUT2D eigenvalue weighted by atomic mass is 9.93. The van der Waals surface area contributed by atoms with Crippen LogP contribution in [0.3, 0.4) is 0 Å². The van der Waals surface area contributed by atoms with Gasteiger partial charge in [0, 0.05) is 43.8 Å². The maximum absolute atomic E-state index is 13.5. The highest BCUT2D eigenvalue weighted by Gasteiger charge is 2.39. The minimum absolute atomic E-state index is 0.0937. The number of alkyl halides is 3. The smallest absolute Gasteiger partial charge is 0.421 e. The van der Waals surface area contributed by atoms with Crippen molar-refractivity contribution in [3.8, 4) is 5.88 Å². The van der Waals surface area contributed by atoms with E-state index < -0.39 is 33.4 Å². The summed E-state index contributed by atoms with van der Waals surface area (Å²) in [5.41, 5.74) is -1.76. The number of carboxylic acid groups (broad SMARTS) is 1. The molecule has 1 aliphatic carbocycles. The van der Waals surface area contributed by atoms with E-state index in [-0.39, 0.29) is 28.9 Å². The molecular formula is C28H34F3N7O6S. The first kappa shape index (κ1) is 32.4. The maximum atomic E-state index is 13.5. The Morgan fingerprint density at radius 2 is 1.69 bits per heavy atom. The van der Waals surface area contributed by atoms with Crippen LogP contribution in [0.5, 0.6) is 5.88 Å². The lowest BCUT2D eigenvalue weighted by Crippen LogP contribution is -2.48. The lowest BCUT2D eigenvalue weighted by Gasteiger charge is -2.32. The van der Waals surface area contributed by atoms with Crippen LogP contribution in [-0.4, -0.2) is 87.8 Å². The molecule has 5 rings (SSSR count). The standard InChI is InChI=1S/C28H34F3N7O6S/c1-27(2,3)38(26(39)40)45(41,42)20-12-21-22(32-16-20)13-23(37-8-10-43-11-9-37)36-24(21)44-19-6-4-18(5-7-19)35-25-33-14-17(15-34-25)28(29,30)31/h12-16,18-19H,4-11H2,1-3H3,(H,39,40)(H,33,34,35). The third-order valence-electron chi connectivity index (χ3n) is 7.53. The number of aromatic nitrogens is 4. The summed E-state index contributed by atoms with van der Waals surface area (Å²) < 4.78 is 77.7. The van der Waals surface area contributed by atoms with Gasteiger partial charge in [-0.05, 0) is 52.5 Å². The molecule has 0 spiro atoms. The second-order valence-electron chi connectivity index (χ2n) is 11.9. The fourth-order valence-corrected chi connectivity index (χ4v) is 6.91. The van der Waals surface area contributed by atoms with Gasteiger partial charge in [-0.1, -0.05) is 0 Å². The number of nitrogens with one attached hydrogen (secondary N) is 1. The second-order valence-corrected chi connectivity index (χ2v) is 13.7. The third-order valence-corrected chi connectivity index (χ3v) is 9.53. The Labute approximate surface area is 257 Å². The van der Waals surface area contributed by atoms with Gasteiger partial charge in [-0.15, -0.1) is 0 Å². The Balaban J connectivity index is 1.39. The van der Waals surface area contributed by atoms with Crippen molar-refractivity contribution < 1.29 is 41.0 Å². The molecular weight excluding hydrogens is 619 g/mol. The van der Waals surface area contributed by atoms with Gasteiger partial charge in [0.25, 0.3) is 10.0 Å². The molecule has 2 N–H and O–H groups in total. The average molecular weight is 654 g/mol. The molecule has 2 aliphatic rings. The highest BCUT2D eigenvalue weighted by atomic mass is 32.2. The highest BCUT2D eigenvalue weighted by molar-refractivity contribution is 7.89. The fraction of sp³-hybridized carbons (Fsp3) is 0.536. The van der Waals surface area contributed by atoms with Gasteiger partial charge >= 0.3 is 12.3 Å². The summed E-state index contributed by atoms with van der Waals surface area (Å²) in [4.78, 5) is 30.4. The van der Waals surface area contributed by atoms with Crippen molar-refractivity contribution in [1.82, 2.24) is 24.2 Å². The molecule has 1 aliphatic heterocycles. The monoisotopic (exact) mass is 653 g/mol. The van der Waals surface area contributed by atoms with Gasteiger partial charge in [-0.25, -0.2) is 23.2 Å². The zero-order valence-corrected chi connectivity index (χ0v) is 25.7. The summed E-state index contributed by atoms with van der Waals surface area (Å²) in [5, 5.41) is 13.1. The molecule has 45 heavy (non-hydrogen) atoms. The van der Waals surface area contributed by atoms with E-state index in [1.165, 1.54) is 26.8 Å². The molecule has 1 amide bonds. The Hall–Kier alpha value is -3.99. The van der Waals surface area contributed by atoms with Crippen LogP contribution in [0.15, 0.2) is 35.6 Å². The first-order valence-electron chi connectivity index (χ1n) is 14.4. The number of carbonyl (C=O) groups is 1. The SMILES string of the molecule is CC(C)(C)N(C(=O)O)S(=O)(=O)c1cnc2cc(N3CCOCC3)nc(OC3CCC(Nc4ncc(C(F)(F)F)cn4)CC3)c2c1. The maximum Gasteiger partial charge on any atom is 0.421 e. The summed E-state index contributed by atoms with van der Waals surface area (Å²) in [5.74, 6) is 0.850. The molecule has 2 fully saturated rings.